The summed E-state index contributed by atoms with van der Waals surface area (Å²) in [6.07, 6.45) is -2.50. The predicted octanol–water partition coefficient (Wildman–Crippen LogP) is 1.70. The highest BCUT2D eigenvalue weighted by atomic mass is 16.6. The van der Waals surface area contributed by atoms with Crippen molar-refractivity contribution in [3.63, 3.8) is 0 Å². The molecule has 2 unspecified atom stereocenters. The van der Waals surface area contributed by atoms with Crippen LogP contribution in [0.5, 0.6) is 5.75 Å². The molecule has 9 heteroatoms. The molecular weight excluding hydrogens is 268 g/mol. The summed E-state index contributed by atoms with van der Waals surface area (Å²) in [6.45, 7) is 0.0147. The Labute approximate surface area is 114 Å². The zero-order valence-electron chi connectivity index (χ0n) is 10.7. The van der Waals surface area contributed by atoms with Crippen molar-refractivity contribution in [2.75, 3.05) is 13.7 Å². The average Bonchev–Trinajstić information content (AvgIpc) is 2.45. The standard InChI is InChI=1S/C11H14N4O5/c1-20-9-5-7(4-8(6-9)15(18)19)11(17)10(16)2-3-13-14-12/h4-6,10-11,16-17H,2-3H2,1H3. The Kier molecular flexibility index (Phi) is 5.73. The molecule has 0 aliphatic carbocycles. The fourth-order valence-electron chi connectivity index (χ4n) is 1.61. The number of nitro groups is 1. The minimum atomic E-state index is -1.34. The van der Waals surface area contributed by atoms with Gasteiger partial charge in [0.2, 0.25) is 0 Å². The second-order valence-corrected chi connectivity index (χ2v) is 3.98. The molecule has 108 valence electrons. The number of rotatable bonds is 7. The maximum Gasteiger partial charge on any atom is 0.273 e. The number of nitro benzene ring substituents is 1. The Hall–Kier alpha value is -2.35. The van der Waals surface area contributed by atoms with Crippen LogP contribution in [0.3, 0.4) is 0 Å². The summed E-state index contributed by atoms with van der Waals surface area (Å²) < 4.78 is 4.91. The van der Waals surface area contributed by atoms with Crippen molar-refractivity contribution in [1.29, 1.82) is 0 Å². The lowest BCUT2D eigenvalue weighted by atomic mass is 10.0. The summed E-state index contributed by atoms with van der Waals surface area (Å²) in [5.74, 6) is 0.204. The van der Waals surface area contributed by atoms with E-state index in [1.807, 2.05) is 0 Å². The normalized spacial score (nSPS) is 13.2. The van der Waals surface area contributed by atoms with Crippen LogP contribution in [0.15, 0.2) is 23.3 Å². The van der Waals surface area contributed by atoms with Crippen molar-refractivity contribution in [2.24, 2.45) is 5.11 Å². The minimum absolute atomic E-state index is 0.0147. The summed E-state index contributed by atoms with van der Waals surface area (Å²) in [7, 11) is 1.34. The van der Waals surface area contributed by atoms with Gasteiger partial charge in [-0.25, -0.2) is 0 Å². The summed E-state index contributed by atoms with van der Waals surface area (Å²) >= 11 is 0. The van der Waals surface area contributed by atoms with Gasteiger partial charge in [-0.15, -0.1) is 0 Å². The molecule has 1 aromatic rings. The lowest BCUT2D eigenvalue weighted by Gasteiger charge is -2.17. The quantitative estimate of drug-likeness (QED) is 0.257. The van der Waals surface area contributed by atoms with Gasteiger partial charge in [-0.3, -0.25) is 10.1 Å². The van der Waals surface area contributed by atoms with Crippen molar-refractivity contribution in [3.05, 3.63) is 44.3 Å². The molecule has 0 amide bonds. The van der Waals surface area contributed by atoms with Crippen LogP contribution < -0.4 is 4.74 Å². The molecule has 0 saturated heterocycles. The molecule has 0 bridgehead atoms. The van der Waals surface area contributed by atoms with Gasteiger partial charge < -0.3 is 14.9 Å². The van der Waals surface area contributed by atoms with E-state index in [0.717, 1.165) is 6.07 Å². The Bertz CT molecular complexity index is 530. The molecule has 1 aromatic carbocycles. The highest BCUT2D eigenvalue weighted by Gasteiger charge is 2.21. The summed E-state index contributed by atoms with van der Waals surface area (Å²) in [5, 5.41) is 33.7. The molecule has 0 heterocycles. The third-order valence-electron chi connectivity index (χ3n) is 2.65. The largest absolute Gasteiger partial charge is 0.496 e. The Morgan fingerprint density at radius 3 is 2.75 bits per heavy atom. The molecule has 1 rings (SSSR count). The summed E-state index contributed by atoms with van der Waals surface area (Å²) in [6, 6.07) is 3.76. The molecule has 0 radical (unpaired) electrons. The van der Waals surface area contributed by atoms with E-state index < -0.39 is 17.1 Å². The maximum atomic E-state index is 10.8. The monoisotopic (exact) mass is 282 g/mol. The van der Waals surface area contributed by atoms with E-state index in [1.165, 1.54) is 19.2 Å². The van der Waals surface area contributed by atoms with Crippen LogP contribution in [0.4, 0.5) is 5.69 Å². The van der Waals surface area contributed by atoms with Gasteiger partial charge >= 0.3 is 0 Å². The fraction of sp³-hybridized carbons (Fsp3) is 0.455. The first-order valence-electron chi connectivity index (χ1n) is 5.70. The van der Waals surface area contributed by atoms with Crippen LogP contribution in [0.25, 0.3) is 10.4 Å². The first-order chi connectivity index (χ1) is 9.49. The number of benzene rings is 1. The van der Waals surface area contributed by atoms with Crippen molar-refractivity contribution < 1.29 is 19.9 Å². The van der Waals surface area contributed by atoms with Crippen molar-refractivity contribution in [3.8, 4) is 5.75 Å². The van der Waals surface area contributed by atoms with Gasteiger partial charge in [-0.05, 0) is 23.6 Å². The molecule has 20 heavy (non-hydrogen) atoms. The van der Waals surface area contributed by atoms with E-state index in [4.69, 9.17) is 10.3 Å². The number of hydrogen-bond donors (Lipinski definition) is 2. The van der Waals surface area contributed by atoms with Gasteiger partial charge in [-0.1, -0.05) is 5.11 Å². The first kappa shape index (κ1) is 15.7. The Morgan fingerprint density at radius 1 is 1.50 bits per heavy atom. The lowest BCUT2D eigenvalue weighted by molar-refractivity contribution is -0.385. The third kappa shape index (κ3) is 4.09. The number of nitrogens with zero attached hydrogens (tertiary/aromatic N) is 4. The van der Waals surface area contributed by atoms with Gasteiger partial charge in [0.05, 0.1) is 24.2 Å². The molecule has 0 saturated carbocycles. The van der Waals surface area contributed by atoms with Crippen LogP contribution in [0, 0.1) is 10.1 Å². The Morgan fingerprint density at radius 2 is 2.20 bits per heavy atom. The van der Waals surface area contributed by atoms with Gasteiger partial charge in [0.25, 0.3) is 5.69 Å². The van der Waals surface area contributed by atoms with Gasteiger partial charge in [0.1, 0.15) is 11.9 Å². The van der Waals surface area contributed by atoms with Gasteiger partial charge in [0.15, 0.2) is 0 Å². The van der Waals surface area contributed by atoms with Gasteiger partial charge in [-0.2, -0.15) is 0 Å². The fourth-order valence-corrected chi connectivity index (χ4v) is 1.61. The smallest absolute Gasteiger partial charge is 0.273 e. The molecular formula is C11H14N4O5. The van der Waals surface area contributed by atoms with E-state index in [9.17, 15) is 20.3 Å². The third-order valence-corrected chi connectivity index (χ3v) is 2.65. The van der Waals surface area contributed by atoms with Crippen LogP contribution in [-0.4, -0.2) is 34.9 Å². The number of non-ortho nitro benzene ring substituents is 1. The highest BCUT2D eigenvalue weighted by Crippen LogP contribution is 2.28. The number of hydrogen-bond acceptors (Lipinski definition) is 6. The molecule has 0 aliphatic heterocycles. The summed E-state index contributed by atoms with van der Waals surface area (Å²) in [5.41, 5.74) is 8.03. The number of methoxy groups -OCH3 is 1. The summed E-state index contributed by atoms with van der Waals surface area (Å²) in [4.78, 5) is 12.7. The minimum Gasteiger partial charge on any atom is -0.496 e. The second kappa shape index (κ2) is 7.29. The van der Waals surface area contributed by atoms with Crippen LogP contribution in [0.1, 0.15) is 18.1 Å². The van der Waals surface area contributed by atoms with Crippen LogP contribution in [0.2, 0.25) is 0 Å². The van der Waals surface area contributed by atoms with E-state index >= 15 is 0 Å². The molecule has 0 aromatic heterocycles. The number of ether oxygens (including phenoxy) is 1. The van der Waals surface area contributed by atoms with Crippen molar-refractivity contribution in [2.45, 2.75) is 18.6 Å². The average molecular weight is 282 g/mol. The van der Waals surface area contributed by atoms with E-state index in [0.29, 0.717) is 0 Å². The maximum absolute atomic E-state index is 10.8. The van der Waals surface area contributed by atoms with E-state index in [-0.39, 0.29) is 30.0 Å². The topological polar surface area (TPSA) is 142 Å². The van der Waals surface area contributed by atoms with Crippen molar-refractivity contribution in [1.82, 2.24) is 0 Å². The zero-order valence-corrected chi connectivity index (χ0v) is 10.7. The van der Waals surface area contributed by atoms with E-state index in [1.54, 1.807) is 0 Å². The zero-order chi connectivity index (χ0) is 15.1. The molecule has 2 N–H and O–H groups in total. The van der Waals surface area contributed by atoms with Crippen molar-refractivity contribution >= 4 is 5.69 Å². The van der Waals surface area contributed by atoms with Crippen LogP contribution in [-0.2, 0) is 0 Å². The first-order valence-corrected chi connectivity index (χ1v) is 5.70. The molecule has 0 fully saturated rings. The number of azide groups is 1. The second-order valence-electron chi connectivity index (χ2n) is 3.98. The SMILES string of the molecule is COc1cc(C(O)C(O)CCN=[N+]=[N-])cc([N+](=O)[O-])c1. The van der Waals surface area contributed by atoms with Crippen LogP contribution >= 0.6 is 0 Å². The van der Waals surface area contributed by atoms with Gasteiger partial charge in [0, 0.05) is 17.5 Å². The molecule has 2 atom stereocenters. The lowest BCUT2D eigenvalue weighted by Crippen LogP contribution is -2.19. The Balaban J connectivity index is 2.95. The van der Waals surface area contributed by atoms with E-state index in [2.05, 4.69) is 10.0 Å². The molecule has 0 spiro atoms. The highest BCUT2D eigenvalue weighted by molar-refractivity contribution is 5.43. The predicted molar refractivity (Wildman–Crippen MR) is 69.2 cm³/mol. The number of aliphatic hydroxyl groups excluding tert-OH is 2. The molecule has 0 aliphatic rings. The number of aliphatic hydroxyl groups is 2. The molecule has 9 nitrogen and oxygen atoms in total.